The number of aromatic nitrogens is 2. The number of amides is 1. The number of nitrogens with one attached hydrogen (secondary N) is 3. The molecule has 0 saturated heterocycles. The van der Waals surface area contributed by atoms with Gasteiger partial charge in [-0.05, 0) is 30.3 Å². The van der Waals surface area contributed by atoms with Crippen LogP contribution >= 0.6 is 0 Å². The lowest BCUT2D eigenvalue weighted by molar-refractivity contribution is -0.383. The van der Waals surface area contributed by atoms with Gasteiger partial charge in [-0.15, -0.1) is 0 Å². The maximum absolute atomic E-state index is 13.7. The molecule has 0 aliphatic carbocycles. The third-order valence-corrected chi connectivity index (χ3v) is 3.87. The van der Waals surface area contributed by atoms with Crippen LogP contribution in [-0.4, -0.2) is 20.8 Å². The second-order valence-corrected chi connectivity index (χ2v) is 5.94. The maximum atomic E-state index is 13.7. The van der Waals surface area contributed by atoms with Crippen LogP contribution in [0.25, 0.3) is 0 Å². The number of rotatable bonds is 6. The quantitative estimate of drug-likeness (QED) is 0.303. The number of nitro groups is 1. The third-order valence-electron chi connectivity index (χ3n) is 3.87. The van der Waals surface area contributed by atoms with E-state index in [0.717, 1.165) is 30.6 Å². The zero-order valence-corrected chi connectivity index (χ0v) is 15.3. The Kier molecular flexibility index (Phi) is 5.95. The molecule has 1 heterocycles. The minimum absolute atomic E-state index is 0.113. The average molecular weight is 436 g/mol. The fraction of sp³-hybridized carbons (Fsp3) is 0.0556. The highest BCUT2D eigenvalue weighted by Crippen LogP contribution is 2.34. The van der Waals surface area contributed by atoms with Crippen LogP contribution in [0.1, 0.15) is 15.9 Å². The Morgan fingerprint density at radius 3 is 2.42 bits per heavy atom. The lowest BCUT2D eigenvalue weighted by atomic mass is 10.2. The Balaban J connectivity index is 1.86. The zero-order valence-electron chi connectivity index (χ0n) is 15.3. The van der Waals surface area contributed by atoms with Gasteiger partial charge in [0.2, 0.25) is 11.6 Å². The van der Waals surface area contributed by atoms with Gasteiger partial charge >= 0.3 is 11.9 Å². The molecule has 0 unspecified atom stereocenters. The average Bonchev–Trinajstić information content (AvgIpc) is 2.72. The Labute approximate surface area is 171 Å². The third kappa shape index (κ3) is 5.01. The molecular formula is C18H12F4N6O3. The van der Waals surface area contributed by atoms with Crippen LogP contribution in [0, 0.1) is 15.9 Å². The first-order chi connectivity index (χ1) is 14.7. The molecule has 1 amide bonds. The minimum atomic E-state index is -4.61. The van der Waals surface area contributed by atoms with Crippen LogP contribution in [0.4, 0.5) is 40.6 Å². The number of carbonyl (C=O) groups is 1. The zero-order chi connectivity index (χ0) is 22.6. The fourth-order valence-electron chi connectivity index (χ4n) is 2.47. The van der Waals surface area contributed by atoms with Crippen molar-refractivity contribution in [3.05, 3.63) is 81.9 Å². The first kappa shape index (κ1) is 21.4. The van der Waals surface area contributed by atoms with E-state index in [1.54, 1.807) is 0 Å². The molecule has 1 aromatic heterocycles. The van der Waals surface area contributed by atoms with Crippen molar-refractivity contribution in [1.82, 2.24) is 15.4 Å². The molecule has 0 spiro atoms. The molecule has 0 atom stereocenters. The van der Waals surface area contributed by atoms with Crippen LogP contribution < -0.4 is 16.2 Å². The Morgan fingerprint density at radius 1 is 1.03 bits per heavy atom. The molecule has 0 bridgehead atoms. The van der Waals surface area contributed by atoms with Crippen LogP contribution in [0.2, 0.25) is 0 Å². The molecule has 2 aromatic carbocycles. The number of benzene rings is 2. The molecular weight excluding hydrogens is 424 g/mol. The highest BCUT2D eigenvalue weighted by molar-refractivity contribution is 5.95. The van der Waals surface area contributed by atoms with Crippen LogP contribution in [0.15, 0.2) is 54.9 Å². The highest BCUT2D eigenvalue weighted by atomic mass is 19.4. The molecule has 31 heavy (non-hydrogen) atoms. The summed E-state index contributed by atoms with van der Waals surface area (Å²) >= 11 is 0. The van der Waals surface area contributed by atoms with Crippen LogP contribution in [0.5, 0.6) is 0 Å². The van der Waals surface area contributed by atoms with Gasteiger partial charge in [-0.3, -0.25) is 25.8 Å². The van der Waals surface area contributed by atoms with Gasteiger partial charge in [0.05, 0.1) is 16.1 Å². The van der Waals surface area contributed by atoms with Crippen LogP contribution in [-0.2, 0) is 6.18 Å². The van der Waals surface area contributed by atoms with Gasteiger partial charge in [0, 0.05) is 5.69 Å². The topological polar surface area (TPSA) is 122 Å². The van der Waals surface area contributed by atoms with Gasteiger partial charge in [0.15, 0.2) is 0 Å². The summed E-state index contributed by atoms with van der Waals surface area (Å²) in [5, 5.41) is 14.0. The Hall–Kier alpha value is -4.29. The lowest BCUT2D eigenvalue weighted by Gasteiger charge is -2.12. The summed E-state index contributed by atoms with van der Waals surface area (Å²) in [5.41, 5.74) is 2.11. The van der Waals surface area contributed by atoms with E-state index in [1.165, 1.54) is 24.3 Å². The predicted molar refractivity (Wildman–Crippen MR) is 101 cm³/mol. The summed E-state index contributed by atoms with van der Waals surface area (Å²) in [4.78, 5) is 30.0. The molecule has 0 fully saturated rings. The summed E-state index contributed by atoms with van der Waals surface area (Å²) in [6, 6.07) is 9.01. The SMILES string of the molecule is O=C(NNc1ncnc(Nc2cccc(C(F)(F)F)c2)c1[N+](=O)[O-])c1ccccc1F. The van der Waals surface area contributed by atoms with Gasteiger partial charge in [-0.1, -0.05) is 18.2 Å². The number of alkyl halides is 3. The molecule has 3 N–H and O–H groups in total. The van der Waals surface area contributed by atoms with Gasteiger partial charge in [0.1, 0.15) is 12.1 Å². The number of carbonyl (C=O) groups excluding carboxylic acids is 1. The molecule has 0 radical (unpaired) electrons. The van der Waals surface area contributed by atoms with E-state index in [4.69, 9.17) is 0 Å². The van der Waals surface area contributed by atoms with Crippen molar-refractivity contribution < 1.29 is 27.3 Å². The summed E-state index contributed by atoms with van der Waals surface area (Å²) in [6.07, 6.45) is -3.72. The van der Waals surface area contributed by atoms with E-state index < -0.39 is 45.7 Å². The lowest BCUT2D eigenvalue weighted by Crippen LogP contribution is -2.31. The van der Waals surface area contributed by atoms with Crippen molar-refractivity contribution in [2.45, 2.75) is 6.18 Å². The van der Waals surface area contributed by atoms with E-state index in [-0.39, 0.29) is 11.3 Å². The molecule has 160 valence electrons. The first-order valence-corrected chi connectivity index (χ1v) is 8.41. The Morgan fingerprint density at radius 2 is 1.74 bits per heavy atom. The van der Waals surface area contributed by atoms with Crippen LogP contribution in [0.3, 0.4) is 0 Å². The summed E-state index contributed by atoms with van der Waals surface area (Å²) in [7, 11) is 0. The summed E-state index contributed by atoms with van der Waals surface area (Å²) < 4.78 is 52.3. The van der Waals surface area contributed by atoms with Crippen molar-refractivity contribution in [3.8, 4) is 0 Å². The van der Waals surface area contributed by atoms with Crippen molar-refractivity contribution >= 4 is 28.9 Å². The van der Waals surface area contributed by atoms with E-state index in [0.29, 0.717) is 0 Å². The largest absolute Gasteiger partial charge is 0.416 e. The second-order valence-electron chi connectivity index (χ2n) is 5.94. The monoisotopic (exact) mass is 436 g/mol. The molecule has 0 saturated carbocycles. The molecule has 0 aliphatic heterocycles. The minimum Gasteiger partial charge on any atom is -0.334 e. The van der Waals surface area contributed by atoms with Crippen molar-refractivity contribution in [3.63, 3.8) is 0 Å². The molecule has 13 heteroatoms. The number of hydrazine groups is 1. The first-order valence-electron chi connectivity index (χ1n) is 8.41. The van der Waals surface area contributed by atoms with E-state index in [1.807, 2.05) is 0 Å². The fourth-order valence-corrected chi connectivity index (χ4v) is 2.47. The highest BCUT2D eigenvalue weighted by Gasteiger charge is 2.31. The number of nitrogens with zero attached hydrogens (tertiary/aromatic N) is 3. The number of halogens is 4. The standard InChI is InChI=1S/C18H12F4N6O3/c19-13-7-2-1-6-12(13)17(29)27-26-16-14(28(30)31)15(23-9-24-16)25-11-5-3-4-10(8-11)18(20,21)22/h1-9H,(H,27,29)(H2,23,24,25,26). The van der Waals surface area contributed by atoms with Crippen molar-refractivity contribution in [2.75, 3.05) is 10.7 Å². The normalized spacial score (nSPS) is 11.0. The number of anilines is 3. The van der Waals surface area contributed by atoms with Gasteiger partial charge in [0.25, 0.3) is 5.91 Å². The van der Waals surface area contributed by atoms with Gasteiger partial charge < -0.3 is 5.32 Å². The predicted octanol–water partition coefficient (Wildman–Crippen LogP) is 4.04. The van der Waals surface area contributed by atoms with E-state index in [2.05, 4.69) is 26.1 Å². The molecule has 3 aromatic rings. The smallest absolute Gasteiger partial charge is 0.334 e. The summed E-state index contributed by atoms with van der Waals surface area (Å²) in [5.74, 6) is -2.65. The van der Waals surface area contributed by atoms with Gasteiger partial charge in [-0.2, -0.15) is 13.2 Å². The van der Waals surface area contributed by atoms with Crippen molar-refractivity contribution in [2.24, 2.45) is 0 Å². The molecule has 9 nitrogen and oxygen atoms in total. The number of hydrogen-bond donors (Lipinski definition) is 3. The van der Waals surface area contributed by atoms with Crippen molar-refractivity contribution in [1.29, 1.82) is 0 Å². The number of hydrogen-bond acceptors (Lipinski definition) is 7. The second kappa shape index (κ2) is 8.61. The van der Waals surface area contributed by atoms with E-state index >= 15 is 0 Å². The van der Waals surface area contributed by atoms with E-state index in [9.17, 15) is 32.5 Å². The maximum Gasteiger partial charge on any atom is 0.416 e. The Bertz CT molecular complexity index is 1140. The van der Waals surface area contributed by atoms with Gasteiger partial charge in [-0.25, -0.2) is 14.4 Å². The summed E-state index contributed by atoms with van der Waals surface area (Å²) in [6.45, 7) is 0. The molecule has 0 aliphatic rings. The molecule has 3 rings (SSSR count).